The molecule has 0 aromatic rings. The van der Waals surface area contributed by atoms with Gasteiger partial charge < -0.3 is 5.73 Å². The van der Waals surface area contributed by atoms with E-state index in [1.165, 1.54) is 0 Å². The number of thiol groups is 1. The topological polar surface area (TPSA) is 43.1 Å². The first kappa shape index (κ1) is 14.4. The molecule has 0 saturated heterocycles. The van der Waals surface area contributed by atoms with E-state index >= 15 is 0 Å². The maximum Gasteiger partial charge on any atom is 0.392 e. The number of rotatable bonds is 5. The summed E-state index contributed by atoms with van der Waals surface area (Å²) < 4.78 is 75.1. The third-order valence-electron chi connectivity index (χ3n) is 1.59. The maximum atomic E-state index is 12.6. The largest absolute Gasteiger partial charge is 0.392 e. The predicted molar refractivity (Wildman–Crippen MR) is 42.5 cm³/mol. The third kappa shape index (κ3) is 2.32. The molecule has 2 nitrogen and oxygen atoms in total. The Morgan fingerprint density at radius 2 is 1.53 bits per heavy atom. The van der Waals surface area contributed by atoms with Crippen molar-refractivity contribution in [2.24, 2.45) is 5.73 Å². The van der Waals surface area contributed by atoms with Crippen molar-refractivity contribution in [3.05, 3.63) is 0 Å². The molecule has 0 aromatic carbocycles. The Bertz CT molecular complexity index is 256. The van der Waals surface area contributed by atoms with E-state index < -0.39 is 35.8 Å². The van der Waals surface area contributed by atoms with Gasteiger partial charge in [0.1, 0.15) is 0 Å². The van der Waals surface area contributed by atoms with Crippen LogP contribution in [0.25, 0.3) is 0 Å². The number of primary amides is 1. The Morgan fingerprint density at radius 3 is 1.80 bits per heavy atom. The Kier molecular flexibility index (Phi) is 3.94. The summed E-state index contributed by atoms with van der Waals surface area (Å²) in [6, 6.07) is 0. The number of alkyl halides is 6. The lowest BCUT2D eigenvalue weighted by atomic mass is 10.0. The lowest BCUT2D eigenvalue weighted by molar-refractivity contribution is -0.296. The van der Waals surface area contributed by atoms with Crippen LogP contribution in [-0.4, -0.2) is 29.4 Å². The van der Waals surface area contributed by atoms with Crippen molar-refractivity contribution in [1.29, 1.82) is 0 Å². The summed E-state index contributed by atoms with van der Waals surface area (Å²) in [4.78, 5) is 9.96. The summed E-state index contributed by atoms with van der Waals surface area (Å²) in [6.07, 6.45) is -1.59. The van der Waals surface area contributed by atoms with E-state index in [4.69, 9.17) is 0 Å². The van der Waals surface area contributed by atoms with Crippen LogP contribution in [0.15, 0.2) is 0 Å². The number of amides is 1. The van der Waals surface area contributed by atoms with Crippen molar-refractivity contribution in [2.45, 2.75) is 24.2 Å². The second-order valence-corrected chi connectivity index (χ2v) is 3.14. The zero-order valence-electron chi connectivity index (χ0n) is 7.11. The summed E-state index contributed by atoms with van der Waals surface area (Å²) in [5, 5.41) is 0. The summed E-state index contributed by atoms with van der Waals surface area (Å²) in [5.41, 5.74) is 3.93. The number of hydrogen-bond acceptors (Lipinski definition) is 2. The lowest BCUT2D eigenvalue weighted by Crippen LogP contribution is -2.59. The second-order valence-electron chi connectivity index (χ2n) is 2.69. The molecule has 0 aliphatic rings. The van der Waals surface area contributed by atoms with Crippen LogP contribution in [0.2, 0.25) is 0 Å². The second kappa shape index (κ2) is 4.11. The average Bonchev–Trinajstić information content (AvgIpc) is 2.02. The molecule has 0 unspecified atom stereocenters. The van der Waals surface area contributed by atoms with Gasteiger partial charge in [-0.3, -0.25) is 4.79 Å². The summed E-state index contributed by atoms with van der Waals surface area (Å²) >= 11 is 3.22. The monoisotopic (exact) mass is 255 g/mol. The van der Waals surface area contributed by atoms with Crippen molar-refractivity contribution < 1.29 is 31.1 Å². The minimum atomic E-state index is -5.82. The van der Waals surface area contributed by atoms with Crippen molar-refractivity contribution >= 4 is 18.5 Å². The normalized spacial score (nSPS) is 14.1. The summed E-state index contributed by atoms with van der Waals surface area (Å²) in [7, 11) is 0. The highest BCUT2D eigenvalue weighted by molar-refractivity contribution is 7.80. The highest BCUT2D eigenvalue weighted by Gasteiger charge is 2.73. The summed E-state index contributed by atoms with van der Waals surface area (Å²) in [6.45, 7) is 0. The van der Waals surface area contributed by atoms with Crippen molar-refractivity contribution in [3.63, 3.8) is 0 Å². The minimum Gasteiger partial charge on any atom is -0.364 e. The zero-order chi connectivity index (χ0) is 12.5. The van der Waals surface area contributed by atoms with Gasteiger partial charge in [0.2, 0.25) is 0 Å². The van der Waals surface area contributed by atoms with Gasteiger partial charge in [0.15, 0.2) is 0 Å². The molecule has 9 heteroatoms. The van der Waals surface area contributed by atoms with Crippen molar-refractivity contribution in [3.8, 4) is 0 Å². The molecule has 0 spiro atoms. The Labute approximate surface area is 86.2 Å². The number of carbonyl (C=O) groups excluding carboxylic acids is 1. The summed E-state index contributed by atoms with van der Waals surface area (Å²) in [5.74, 6) is -20.0. The Morgan fingerprint density at radius 1 is 1.13 bits per heavy atom. The molecule has 0 saturated carbocycles. The fraction of sp³-hybridized carbons (Fsp3) is 0.833. The number of hydrogen-bond donors (Lipinski definition) is 2. The van der Waals surface area contributed by atoms with Crippen LogP contribution < -0.4 is 5.73 Å². The van der Waals surface area contributed by atoms with E-state index in [1.807, 2.05) is 0 Å². The standard InChI is InChI=1S/C6H7F6NOS/c7-4(8,1-2-15)6(11,12)5(9,10)3(13)14/h15H,1-2H2,(H2,13,14). The third-order valence-corrected chi connectivity index (χ3v) is 1.81. The smallest absolute Gasteiger partial charge is 0.364 e. The molecular formula is C6H7F6NOS. The average molecular weight is 255 g/mol. The Balaban J connectivity index is 5.20. The van der Waals surface area contributed by atoms with Crippen LogP contribution in [0.4, 0.5) is 26.3 Å². The molecule has 0 radical (unpaired) electrons. The molecule has 0 bridgehead atoms. The number of nitrogens with two attached hydrogens (primary N) is 1. The van der Waals surface area contributed by atoms with E-state index in [0.717, 1.165) is 0 Å². The highest BCUT2D eigenvalue weighted by Crippen LogP contribution is 2.47. The number of carbonyl (C=O) groups is 1. The molecule has 2 N–H and O–H groups in total. The van der Waals surface area contributed by atoms with Crippen LogP contribution in [0.5, 0.6) is 0 Å². The van der Waals surface area contributed by atoms with Gasteiger partial charge in [0, 0.05) is 6.42 Å². The molecule has 15 heavy (non-hydrogen) atoms. The molecule has 0 aromatic heterocycles. The van der Waals surface area contributed by atoms with Gasteiger partial charge in [-0.2, -0.15) is 39.0 Å². The van der Waals surface area contributed by atoms with Gasteiger partial charge in [-0.15, -0.1) is 0 Å². The quantitative estimate of drug-likeness (QED) is 0.570. The molecule has 0 aliphatic heterocycles. The SMILES string of the molecule is NC(=O)C(F)(F)C(F)(F)C(F)(F)CCS. The van der Waals surface area contributed by atoms with E-state index in [2.05, 4.69) is 18.4 Å². The fourth-order valence-corrected chi connectivity index (χ4v) is 0.963. The maximum absolute atomic E-state index is 12.6. The van der Waals surface area contributed by atoms with Gasteiger partial charge in [-0.25, -0.2) is 0 Å². The van der Waals surface area contributed by atoms with Gasteiger partial charge in [-0.05, 0) is 5.75 Å². The van der Waals surface area contributed by atoms with E-state index in [-0.39, 0.29) is 0 Å². The van der Waals surface area contributed by atoms with Crippen LogP contribution in [0, 0.1) is 0 Å². The first-order valence-electron chi connectivity index (χ1n) is 3.55. The molecule has 1 amide bonds. The van der Waals surface area contributed by atoms with Crippen LogP contribution in [0.1, 0.15) is 6.42 Å². The van der Waals surface area contributed by atoms with Crippen molar-refractivity contribution in [2.75, 3.05) is 5.75 Å². The minimum absolute atomic E-state index is 0.739. The fourth-order valence-electron chi connectivity index (χ4n) is 0.682. The molecule has 0 rings (SSSR count). The highest BCUT2D eigenvalue weighted by atomic mass is 32.1. The van der Waals surface area contributed by atoms with E-state index in [1.54, 1.807) is 0 Å². The Hall–Kier alpha value is -0.600. The molecule has 0 atom stereocenters. The molecular weight excluding hydrogens is 248 g/mol. The molecule has 0 heterocycles. The van der Waals surface area contributed by atoms with Gasteiger partial charge in [0.05, 0.1) is 0 Å². The molecule has 0 fully saturated rings. The van der Waals surface area contributed by atoms with Crippen molar-refractivity contribution in [1.82, 2.24) is 0 Å². The lowest BCUT2D eigenvalue weighted by Gasteiger charge is -2.30. The van der Waals surface area contributed by atoms with Gasteiger partial charge in [0.25, 0.3) is 5.91 Å². The van der Waals surface area contributed by atoms with E-state index in [9.17, 15) is 31.1 Å². The van der Waals surface area contributed by atoms with E-state index in [0.29, 0.717) is 0 Å². The first-order chi connectivity index (χ1) is 6.50. The van der Waals surface area contributed by atoms with Crippen LogP contribution in [0.3, 0.4) is 0 Å². The molecule has 90 valence electrons. The van der Waals surface area contributed by atoms with Gasteiger partial charge in [-0.1, -0.05) is 0 Å². The predicted octanol–water partition coefficient (Wildman–Crippen LogP) is 1.70. The van der Waals surface area contributed by atoms with Crippen LogP contribution >= 0.6 is 12.6 Å². The molecule has 0 aliphatic carbocycles. The first-order valence-corrected chi connectivity index (χ1v) is 4.18. The number of halogens is 6. The zero-order valence-corrected chi connectivity index (χ0v) is 8.01. The van der Waals surface area contributed by atoms with Crippen LogP contribution in [-0.2, 0) is 4.79 Å². The van der Waals surface area contributed by atoms with Gasteiger partial charge >= 0.3 is 17.8 Å².